The van der Waals surface area contributed by atoms with Gasteiger partial charge in [0.2, 0.25) is 0 Å². The molecule has 11 rings (SSSR count). The SMILES string of the molecule is c1ccc(-c2nc(-c3ccc4c(c3)oc3cccc(-n5c6ccccc6c6ccccc65)c34)nc(-c3cccc4sc5ccccc5c34)n2)cc1. The van der Waals surface area contributed by atoms with Gasteiger partial charge in [0.05, 0.1) is 22.1 Å². The highest BCUT2D eigenvalue weighted by Gasteiger charge is 2.20. The van der Waals surface area contributed by atoms with E-state index in [1.807, 2.05) is 36.4 Å². The van der Waals surface area contributed by atoms with E-state index in [1.54, 1.807) is 11.3 Å². The van der Waals surface area contributed by atoms with E-state index < -0.39 is 0 Å². The van der Waals surface area contributed by atoms with Crippen LogP contribution in [-0.4, -0.2) is 19.5 Å². The van der Waals surface area contributed by atoms with Crippen molar-refractivity contribution in [2.45, 2.75) is 0 Å². The number of aromatic nitrogens is 4. The summed E-state index contributed by atoms with van der Waals surface area (Å²) in [5.74, 6) is 1.87. The van der Waals surface area contributed by atoms with Crippen molar-refractivity contribution >= 4 is 75.3 Å². The second-order valence-electron chi connectivity index (χ2n) is 12.8. The normalized spacial score (nSPS) is 11.9. The van der Waals surface area contributed by atoms with Crippen molar-refractivity contribution in [3.63, 3.8) is 0 Å². The Hall–Kier alpha value is -6.63. The first kappa shape index (κ1) is 28.2. The molecule has 6 heteroatoms. The van der Waals surface area contributed by atoms with Gasteiger partial charge in [-0.2, -0.15) is 0 Å². The molecule has 0 N–H and O–H groups in total. The molecule has 0 atom stereocenters. The minimum Gasteiger partial charge on any atom is -0.456 e. The van der Waals surface area contributed by atoms with Gasteiger partial charge in [0.1, 0.15) is 11.2 Å². The van der Waals surface area contributed by atoms with E-state index in [1.165, 1.54) is 30.9 Å². The van der Waals surface area contributed by atoms with Crippen molar-refractivity contribution in [1.29, 1.82) is 0 Å². The molecule has 0 aliphatic rings. The van der Waals surface area contributed by atoms with Gasteiger partial charge in [0.25, 0.3) is 0 Å². The molecule has 4 aromatic heterocycles. The lowest BCUT2D eigenvalue weighted by Crippen LogP contribution is -2.00. The monoisotopic (exact) mass is 670 g/mol. The highest BCUT2D eigenvalue weighted by Crippen LogP contribution is 2.41. The van der Waals surface area contributed by atoms with E-state index in [2.05, 4.69) is 126 Å². The minimum atomic E-state index is 0.598. The van der Waals surface area contributed by atoms with Crippen LogP contribution in [0, 0.1) is 0 Å². The average Bonchev–Trinajstić information content (AvgIpc) is 3.87. The summed E-state index contributed by atoms with van der Waals surface area (Å²) in [4.78, 5) is 15.3. The molecule has 0 saturated heterocycles. The number of hydrogen-bond donors (Lipinski definition) is 0. The van der Waals surface area contributed by atoms with Crippen LogP contribution in [0.25, 0.3) is 104 Å². The zero-order valence-corrected chi connectivity index (χ0v) is 27.9. The largest absolute Gasteiger partial charge is 0.456 e. The summed E-state index contributed by atoms with van der Waals surface area (Å²) >= 11 is 1.79. The van der Waals surface area contributed by atoms with Crippen LogP contribution in [-0.2, 0) is 0 Å². The molecular formula is C45H26N4OS. The molecule has 4 heterocycles. The molecule has 5 nitrogen and oxygen atoms in total. The lowest BCUT2D eigenvalue weighted by molar-refractivity contribution is 0.669. The number of benzene rings is 7. The van der Waals surface area contributed by atoms with Crippen molar-refractivity contribution in [2.75, 3.05) is 0 Å². The number of furan rings is 1. The van der Waals surface area contributed by atoms with Gasteiger partial charge in [-0.05, 0) is 48.5 Å². The van der Waals surface area contributed by atoms with Crippen molar-refractivity contribution in [3.05, 3.63) is 158 Å². The number of thiophene rings is 1. The number of para-hydroxylation sites is 2. The lowest BCUT2D eigenvalue weighted by Gasteiger charge is -2.10. The predicted molar refractivity (Wildman–Crippen MR) is 211 cm³/mol. The molecule has 0 unspecified atom stereocenters. The van der Waals surface area contributed by atoms with Crippen LogP contribution in [0.3, 0.4) is 0 Å². The molecule has 0 saturated carbocycles. The second kappa shape index (κ2) is 10.9. The van der Waals surface area contributed by atoms with Gasteiger partial charge in [-0.3, -0.25) is 0 Å². The molecule has 0 bridgehead atoms. The van der Waals surface area contributed by atoms with E-state index >= 15 is 0 Å². The summed E-state index contributed by atoms with van der Waals surface area (Å²) in [7, 11) is 0. The smallest absolute Gasteiger partial charge is 0.164 e. The van der Waals surface area contributed by atoms with Crippen LogP contribution in [0.4, 0.5) is 0 Å². The van der Waals surface area contributed by atoms with E-state index in [-0.39, 0.29) is 0 Å². The van der Waals surface area contributed by atoms with Crippen LogP contribution in [0.5, 0.6) is 0 Å². The van der Waals surface area contributed by atoms with Crippen LogP contribution in [0.2, 0.25) is 0 Å². The Kier molecular flexibility index (Phi) is 6.05. The van der Waals surface area contributed by atoms with Gasteiger partial charge in [0, 0.05) is 53.0 Å². The average molecular weight is 671 g/mol. The fraction of sp³-hybridized carbons (Fsp3) is 0. The minimum absolute atomic E-state index is 0.598. The summed E-state index contributed by atoms with van der Waals surface area (Å²) < 4.78 is 11.4. The van der Waals surface area contributed by atoms with Gasteiger partial charge in [-0.1, -0.05) is 109 Å². The first-order valence-electron chi connectivity index (χ1n) is 16.9. The van der Waals surface area contributed by atoms with E-state index in [0.29, 0.717) is 17.5 Å². The molecule has 0 amide bonds. The topological polar surface area (TPSA) is 56.7 Å². The first-order chi connectivity index (χ1) is 25.3. The van der Waals surface area contributed by atoms with Gasteiger partial charge >= 0.3 is 0 Å². The van der Waals surface area contributed by atoms with E-state index in [4.69, 9.17) is 19.4 Å². The van der Waals surface area contributed by atoms with Gasteiger partial charge in [0.15, 0.2) is 17.5 Å². The molecule has 51 heavy (non-hydrogen) atoms. The Balaban J connectivity index is 1.13. The van der Waals surface area contributed by atoms with Crippen molar-refractivity contribution in [1.82, 2.24) is 19.5 Å². The number of nitrogens with zero attached hydrogens (tertiary/aromatic N) is 4. The number of hydrogen-bond acceptors (Lipinski definition) is 5. The maximum Gasteiger partial charge on any atom is 0.164 e. The quantitative estimate of drug-likeness (QED) is 0.187. The van der Waals surface area contributed by atoms with E-state index in [0.717, 1.165) is 55.3 Å². The summed E-state index contributed by atoms with van der Waals surface area (Å²) in [5, 5.41) is 6.94. The summed E-state index contributed by atoms with van der Waals surface area (Å²) in [5.41, 5.74) is 7.82. The zero-order valence-electron chi connectivity index (χ0n) is 27.1. The molecule has 0 radical (unpaired) electrons. The molecule has 238 valence electrons. The Bertz CT molecular complexity index is 3100. The van der Waals surface area contributed by atoms with Gasteiger partial charge in [-0.25, -0.2) is 15.0 Å². The highest BCUT2D eigenvalue weighted by atomic mass is 32.1. The molecule has 0 aliphatic carbocycles. The first-order valence-corrected chi connectivity index (χ1v) is 17.8. The third-order valence-electron chi connectivity index (χ3n) is 9.87. The van der Waals surface area contributed by atoms with Crippen molar-refractivity contribution in [3.8, 4) is 39.9 Å². The predicted octanol–water partition coefficient (Wildman–Crippen LogP) is 12.2. The zero-order chi connectivity index (χ0) is 33.5. The molecule has 0 fully saturated rings. The molecule has 11 aromatic rings. The van der Waals surface area contributed by atoms with Gasteiger partial charge < -0.3 is 8.98 Å². The fourth-order valence-electron chi connectivity index (χ4n) is 7.62. The maximum absolute atomic E-state index is 6.62. The summed E-state index contributed by atoms with van der Waals surface area (Å²) in [6.45, 7) is 0. The maximum atomic E-state index is 6.62. The highest BCUT2D eigenvalue weighted by molar-refractivity contribution is 7.25. The van der Waals surface area contributed by atoms with Crippen LogP contribution in [0.15, 0.2) is 162 Å². The van der Waals surface area contributed by atoms with E-state index in [9.17, 15) is 0 Å². The van der Waals surface area contributed by atoms with Crippen LogP contribution in [0.1, 0.15) is 0 Å². The third kappa shape index (κ3) is 4.30. The van der Waals surface area contributed by atoms with Crippen molar-refractivity contribution in [2.24, 2.45) is 0 Å². The van der Waals surface area contributed by atoms with Crippen LogP contribution >= 0.6 is 11.3 Å². The lowest BCUT2D eigenvalue weighted by atomic mass is 10.1. The Labute approximate surface area is 295 Å². The standard InChI is InChI=1S/C45H26N4OS/c1-2-12-27(13-3-1)43-46-44(48-45(47-43)33-17-10-23-40-41(33)32-16-6-9-22-39(32)51-40)28-24-25-31-38(26-28)50-37-21-11-20-36(42(31)37)49-34-18-7-4-14-29(34)30-15-5-8-19-35(30)49/h1-26H. The Morgan fingerprint density at radius 3 is 1.88 bits per heavy atom. The fourth-order valence-corrected chi connectivity index (χ4v) is 8.75. The third-order valence-corrected chi connectivity index (χ3v) is 11.0. The molecule has 7 aromatic carbocycles. The molecule has 0 spiro atoms. The van der Waals surface area contributed by atoms with Gasteiger partial charge in [-0.15, -0.1) is 11.3 Å². The van der Waals surface area contributed by atoms with Crippen LogP contribution < -0.4 is 0 Å². The van der Waals surface area contributed by atoms with Crippen molar-refractivity contribution < 1.29 is 4.42 Å². The summed E-state index contributed by atoms with van der Waals surface area (Å²) in [6, 6.07) is 54.9. The Morgan fingerprint density at radius 1 is 0.431 bits per heavy atom. The summed E-state index contributed by atoms with van der Waals surface area (Å²) in [6.07, 6.45) is 0. The number of rotatable bonds is 4. The molecule has 0 aliphatic heterocycles. The second-order valence-corrected chi connectivity index (χ2v) is 13.9. The number of fused-ring (bicyclic) bond motifs is 9. The molecular weight excluding hydrogens is 645 g/mol. The Morgan fingerprint density at radius 2 is 1.08 bits per heavy atom.